The second-order valence-electron chi connectivity index (χ2n) is 25.0. The molecule has 1 aliphatic heterocycles. The number of aliphatic hydroxyl groups is 1. The molecule has 2 heterocycles. The summed E-state index contributed by atoms with van der Waals surface area (Å²) in [4.78, 5) is 128. The number of anilines is 1. The Morgan fingerprint density at radius 3 is 2.03 bits per heavy atom. The van der Waals surface area contributed by atoms with E-state index in [0.717, 1.165) is 0 Å². The first kappa shape index (κ1) is 79.3. The molecule has 9 N–H and O–H groups in total. The van der Waals surface area contributed by atoms with Crippen LogP contribution in [0.25, 0.3) is 0 Å². The number of aryl methyl sites for hydroxylation is 1. The van der Waals surface area contributed by atoms with Crippen molar-refractivity contribution in [3.05, 3.63) is 77.1 Å². The van der Waals surface area contributed by atoms with E-state index >= 15 is 0 Å². The SMILES string of the molecule is CCC[C@@H](C(=O)N[C@H](C(=O)N(C)[C@@H]([C@@H](C)CC)[C@@H](CC(=O)N1CCC[C@H]1[C@H](OC)[C@@H](C)C(=O)N[C@H](C)[C@@H](O)c1ccccc1)OC)C(C)C)N(C)C(=O)OCc1ccc(NC(=O)[C@H](CCCNC(N)=O)NC(=O)[C@@H](NC(=O)CCCn2nnc(CCl)c2CCl)C(C)C)cc1. The zero-order chi connectivity index (χ0) is 69.9. The van der Waals surface area contributed by atoms with Gasteiger partial charge in [-0.1, -0.05) is 116 Å². The predicted octanol–water partition coefficient (Wildman–Crippen LogP) is 6.29. The number of halogens is 2. The third-order valence-corrected chi connectivity index (χ3v) is 18.0. The van der Waals surface area contributed by atoms with E-state index in [-0.39, 0.29) is 80.7 Å². The van der Waals surface area contributed by atoms with Gasteiger partial charge in [-0.05, 0) is 86.5 Å². The number of hydrogen-bond donors (Lipinski definition) is 8. The summed E-state index contributed by atoms with van der Waals surface area (Å²) in [5.41, 5.74) is 8.02. The first-order chi connectivity index (χ1) is 44.7. The van der Waals surface area contributed by atoms with Crippen LogP contribution in [0.15, 0.2) is 54.6 Å². The number of urea groups is 1. The van der Waals surface area contributed by atoms with Crippen molar-refractivity contribution in [3.8, 4) is 0 Å². The van der Waals surface area contributed by atoms with Crippen molar-refractivity contribution < 1.29 is 62.5 Å². The highest BCUT2D eigenvalue weighted by atomic mass is 35.5. The van der Waals surface area contributed by atoms with Crippen molar-refractivity contribution in [1.29, 1.82) is 0 Å². The Morgan fingerprint density at radius 2 is 1.45 bits per heavy atom. The van der Waals surface area contributed by atoms with Crippen LogP contribution in [0.5, 0.6) is 0 Å². The maximum Gasteiger partial charge on any atom is 0.410 e. The third kappa shape index (κ3) is 23.1. The molecule has 2 aromatic carbocycles. The van der Waals surface area contributed by atoms with Crippen LogP contribution in [-0.4, -0.2) is 184 Å². The van der Waals surface area contributed by atoms with Crippen LogP contribution in [0.2, 0.25) is 0 Å². The number of hydrogen-bond acceptors (Lipinski definition) is 15. The molecule has 1 aliphatic rings. The van der Waals surface area contributed by atoms with E-state index in [0.29, 0.717) is 73.4 Å². The molecule has 1 fully saturated rings. The zero-order valence-corrected chi connectivity index (χ0v) is 58.5. The number of likely N-dealkylation sites (N-methyl/N-ethyl adjacent to an activating group) is 2. The van der Waals surface area contributed by atoms with Crippen LogP contribution in [0, 0.1) is 23.7 Å². The summed E-state index contributed by atoms with van der Waals surface area (Å²) in [5, 5.41) is 35.8. The topological polar surface area (TPSA) is 340 Å². The van der Waals surface area contributed by atoms with Crippen LogP contribution < -0.4 is 37.6 Å². The summed E-state index contributed by atoms with van der Waals surface area (Å²) in [6.45, 7) is 17.1. The number of carbonyl (C=O) groups is 9. The Labute approximate surface area is 563 Å². The number of aliphatic hydroxyl groups excluding tert-OH is 1. The molecule has 524 valence electrons. The van der Waals surface area contributed by atoms with Crippen molar-refractivity contribution in [2.45, 2.75) is 212 Å². The van der Waals surface area contributed by atoms with Crippen LogP contribution in [-0.2, 0) is 72.7 Å². The summed E-state index contributed by atoms with van der Waals surface area (Å²) in [6.07, 6.45) is 0.152. The Bertz CT molecular complexity index is 2930. The highest BCUT2D eigenvalue weighted by Crippen LogP contribution is 2.31. The fraction of sp³-hybridized carbons (Fsp3) is 0.652. The molecule has 0 unspecified atom stereocenters. The second-order valence-corrected chi connectivity index (χ2v) is 25.5. The van der Waals surface area contributed by atoms with Crippen LogP contribution in [0.3, 0.4) is 0 Å². The Kier molecular flexibility index (Phi) is 33.5. The minimum Gasteiger partial charge on any atom is -0.445 e. The standard InChI is InChI=1S/C66H103Cl2N13O13/c1-14-22-50(62(87)75-56(40(5)6)64(89)79(11)57(41(7)15-2)52(92-12)35-54(83)80-33-20-26-49(80)59(93-13)42(8)60(85)71-43(9)58(84)45-23-17-16-18-24-45)78(10)66(91)94-38-44-28-30-46(31-29-44)72-61(86)47(25-19-32-70-65(69)90)73-63(88)55(39(3)4)74-53(82)27-21-34-81-51(37-68)48(36-67)76-77-81/h16-18,23-24,28-31,39-43,47,49-50,52,55-59,84H,14-15,19-22,25-27,32-38H2,1-13H3,(H,71,85)(H,72,86)(H,73,88)(H,74,82)(H,75,87)(H3,69,70,90)/t41-,42+,43+,47-,49-,50-,52+,55-,56-,57-,58+,59+/m0/s1. The van der Waals surface area contributed by atoms with Gasteiger partial charge in [-0.3, -0.25) is 38.5 Å². The van der Waals surface area contributed by atoms with Crippen LogP contribution in [0.4, 0.5) is 15.3 Å². The van der Waals surface area contributed by atoms with E-state index in [1.807, 2.05) is 39.0 Å². The normalized spacial score (nSPS) is 16.6. The van der Waals surface area contributed by atoms with Gasteiger partial charge in [0.2, 0.25) is 41.4 Å². The maximum atomic E-state index is 14.8. The van der Waals surface area contributed by atoms with Crippen molar-refractivity contribution >= 4 is 82.4 Å². The van der Waals surface area contributed by atoms with Gasteiger partial charge in [0.25, 0.3) is 0 Å². The van der Waals surface area contributed by atoms with Crippen molar-refractivity contribution in [3.63, 3.8) is 0 Å². The summed E-state index contributed by atoms with van der Waals surface area (Å²) < 4.78 is 19.3. The smallest absolute Gasteiger partial charge is 0.410 e. The molecule has 0 aliphatic carbocycles. The number of amides is 10. The number of primary amides is 1. The van der Waals surface area contributed by atoms with Gasteiger partial charge in [-0.25, -0.2) is 14.3 Å². The van der Waals surface area contributed by atoms with Gasteiger partial charge in [0.15, 0.2) is 0 Å². The highest BCUT2D eigenvalue weighted by molar-refractivity contribution is 6.18. The Balaban J connectivity index is 1.39. The number of alkyl halides is 2. The molecule has 12 atom stereocenters. The first-order valence-electron chi connectivity index (χ1n) is 32.6. The molecule has 0 bridgehead atoms. The average Bonchev–Trinajstić information content (AvgIpc) is 1.50. The van der Waals surface area contributed by atoms with E-state index in [4.69, 9.17) is 43.1 Å². The molecule has 0 saturated carbocycles. The lowest BCUT2D eigenvalue weighted by molar-refractivity contribution is -0.148. The lowest BCUT2D eigenvalue weighted by Gasteiger charge is -2.41. The number of nitrogens with two attached hydrogens (primary N) is 1. The Morgan fingerprint density at radius 1 is 0.777 bits per heavy atom. The number of carbonyl (C=O) groups excluding carboxylic acids is 9. The summed E-state index contributed by atoms with van der Waals surface area (Å²) in [7, 11) is 6.11. The quantitative estimate of drug-likeness (QED) is 0.0230. The summed E-state index contributed by atoms with van der Waals surface area (Å²) in [5.74, 6) is -4.45. The van der Waals surface area contributed by atoms with Gasteiger partial charge in [0, 0.05) is 60.1 Å². The molecule has 0 spiro atoms. The number of ether oxygens (including phenoxy) is 3. The molecule has 10 amide bonds. The molecule has 26 nitrogen and oxygen atoms in total. The number of nitrogens with zero attached hydrogens (tertiary/aromatic N) is 6. The number of aromatic nitrogens is 3. The molecule has 1 saturated heterocycles. The fourth-order valence-electron chi connectivity index (χ4n) is 11.7. The van der Waals surface area contributed by atoms with Crippen molar-refractivity contribution in [1.82, 2.24) is 56.3 Å². The molecule has 3 aromatic rings. The van der Waals surface area contributed by atoms with Gasteiger partial charge in [-0.15, -0.1) is 28.3 Å². The van der Waals surface area contributed by atoms with Crippen molar-refractivity contribution in [2.75, 3.05) is 46.7 Å². The summed E-state index contributed by atoms with van der Waals surface area (Å²) in [6, 6.07) is 8.89. The van der Waals surface area contributed by atoms with Gasteiger partial charge >= 0.3 is 12.1 Å². The van der Waals surface area contributed by atoms with E-state index < -0.39 is 114 Å². The van der Waals surface area contributed by atoms with Gasteiger partial charge in [0.1, 0.15) is 36.5 Å². The molecular formula is C66H103Cl2N13O13. The molecule has 94 heavy (non-hydrogen) atoms. The maximum absolute atomic E-state index is 14.8. The largest absolute Gasteiger partial charge is 0.445 e. The summed E-state index contributed by atoms with van der Waals surface area (Å²) >= 11 is 12.0. The predicted molar refractivity (Wildman–Crippen MR) is 358 cm³/mol. The Hall–Kier alpha value is -7.13. The molecule has 28 heteroatoms. The van der Waals surface area contributed by atoms with Crippen LogP contribution in [0.1, 0.15) is 155 Å². The average molecular weight is 1360 g/mol. The lowest BCUT2D eigenvalue weighted by atomic mass is 9.89. The number of nitrogens with one attached hydrogen (secondary N) is 6. The van der Waals surface area contributed by atoms with Gasteiger partial charge in [-0.2, -0.15) is 0 Å². The van der Waals surface area contributed by atoms with Crippen molar-refractivity contribution in [2.24, 2.45) is 29.4 Å². The third-order valence-electron chi connectivity index (χ3n) is 17.5. The van der Waals surface area contributed by atoms with E-state index in [2.05, 4.69) is 42.2 Å². The lowest BCUT2D eigenvalue weighted by Crippen LogP contribution is -2.59. The second kappa shape index (κ2) is 39.7. The minimum atomic E-state index is -1.11. The minimum absolute atomic E-state index is 0.0567. The first-order valence-corrected chi connectivity index (χ1v) is 33.7. The zero-order valence-electron chi connectivity index (χ0n) is 57.0. The van der Waals surface area contributed by atoms with Gasteiger partial charge in [0.05, 0.1) is 66.2 Å². The molecular weight excluding hydrogens is 1250 g/mol. The van der Waals surface area contributed by atoms with E-state index in [1.165, 1.54) is 26.2 Å². The number of benzene rings is 2. The monoisotopic (exact) mass is 1360 g/mol. The van der Waals surface area contributed by atoms with Gasteiger partial charge < -0.3 is 66.8 Å². The van der Waals surface area contributed by atoms with E-state index in [1.54, 1.807) is 99.5 Å². The number of likely N-dealkylation sites (tertiary alicyclic amines) is 1. The molecule has 4 rings (SSSR count). The van der Waals surface area contributed by atoms with E-state index in [9.17, 15) is 48.3 Å². The molecule has 1 aromatic heterocycles. The fourth-order valence-corrected chi connectivity index (χ4v) is 12.2. The molecule has 0 radical (unpaired) electrons. The number of rotatable bonds is 39. The highest BCUT2D eigenvalue weighted by Gasteiger charge is 2.44. The number of methoxy groups -OCH3 is 2. The van der Waals surface area contributed by atoms with Crippen LogP contribution >= 0.6 is 23.2 Å².